The first-order valence-corrected chi connectivity index (χ1v) is 9.45. The average molecular weight is 357 g/mol. The summed E-state index contributed by atoms with van der Waals surface area (Å²) in [5.74, 6) is 2.71. The monoisotopic (exact) mass is 356 g/mol. The van der Waals surface area contributed by atoms with Gasteiger partial charge in [-0.1, -0.05) is 45.0 Å². The molecule has 1 aliphatic heterocycles. The molecule has 23 heavy (non-hydrogen) atoms. The summed E-state index contributed by atoms with van der Waals surface area (Å²) in [6, 6.07) is 9.03. The van der Waals surface area contributed by atoms with Crippen molar-refractivity contribution in [3.8, 4) is 0 Å². The predicted molar refractivity (Wildman–Crippen MR) is 103 cm³/mol. The Balaban J connectivity index is 0.00000264. The van der Waals surface area contributed by atoms with Gasteiger partial charge in [-0.2, -0.15) is 11.8 Å². The second-order valence-corrected chi connectivity index (χ2v) is 7.46. The van der Waals surface area contributed by atoms with Gasteiger partial charge in [-0.3, -0.25) is 4.79 Å². The van der Waals surface area contributed by atoms with Gasteiger partial charge in [0.2, 0.25) is 5.91 Å². The van der Waals surface area contributed by atoms with Crippen molar-refractivity contribution in [2.45, 2.75) is 45.7 Å². The number of hydrogen-bond acceptors (Lipinski definition) is 3. The van der Waals surface area contributed by atoms with Crippen LogP contribution < -0.4 is 10.6 Å². The Morgan fingerprint density at radius 1 is 1.35 bits per heavy atom. The van der Waals surface area contributed by atoms with E-state index in [-0.39, 0.29) is 24.4 Å². The van der Waals surface area contributed by atoms with Gasteiger partial charge in [-0.25, -0.2) is 0 Å². The Labute approximate surface area is 150 Å². The lowest BCUT2D eigenvalue weighted by molar-refractivity contribution is -0.122. The van der Waals surface area contributed by atoms with Gasteiger partial charge in [0.15, 0.2) is 0 Å². The summed E-state index contributed by atoms with van der Waals surface area (Å²) in [6.07, 6.45) is 1.62. The number of carbonyl (C=O) groups excluding carboxylic acids is 1. The van der Waals surface area contributed by atoms with E-state index in [0.29, 0.717) is 18.4 Å². The molecule has 0 bridgehead atoms. The number of halogens is 1. The third kappa shape index (κ3) is 6.36. The second-order valence-electron chi connectivity index (χ2n) is 6.31. The van der Waals surface area contributed by atoms with Crippen LogP contribution in [0.1, 0.15) is 44.4 Å². The maximum Gasteiger partial charge on any atom is 0.222 e. The summed E-state index contributed by atoms with van der Waals surface area (Å²) in [5.41, 5.74) is 2.53. The largest absolute Gasteiger partial charge is 0.349 e. The Hall–Kier alpha value is -0.710. The molecule has 0 saturated carbocycles. The van der Waals surface area contributed by atoms with E-state index >= 15 is 0 Å². The van der Waals surface area contributed by atoms with Crippen LogP contribution in [0.3, 0.4) is 0 Å². The zero-order chi connectivity index (χ0) is 15.9. The number of hydrogen-bond donors (Lipinski definition) is 2. The molecule has 1 aromatic carbocycles. The third-order valence-corrected chi connectivity index (χ3v) is 5.29. The number of nitrogens with one attached hydrogen (secondary N) is 2. The highest BCUT2D eigenvalue weighted by Gasteiger charge is 2.21. The van der Waals surface area contributed by atoms with E-state index in [4.69, 9.17) is 0 Å². The van der Waals surface area contributed by atoms with Crippen LogP contribution in [0.2, 0.25) is 0 Å². The Bertz CT molecular complexity index is 472. The van der Waals surface area contributed by atoms with E-state index in [1.165, 1.54) is 11.1 Å². The minimum atomic E-state index is 0. The molecule has 2 rings (SSSR count). The molecule has 1 aliphatic rings. The number of rotatable bonds is 6. The smallest absolute Gasteiger partial charge is 0.222 e. The van der Waals surface area contributed by atoms with Crippen LogP contribution in [0, 0.1) is 5.92 Å². The van der Waals surface area contributed by atoms with Crippen molar-refractivity contribution in [1.82, 2.24) is 10.6 Å². The summed E-state index contributed by atoms with van der Waals surface area (Å²) in [4.78, 5) is 12.4. The van der Waals surface area contributed by atoms with Gasteiger partial charge in [0.25, 0.3) is 0 Å². The molecule has 1 amide bonds. The van der Waals surface area contributed by atoms with Crippen LogP contribution in [-0.2, 0) is 11.2 Å². The second kappa shape index (κ2) is 10.2. The number of aryl methyl sites for hydroxylation is 1. The van der Waals surface area contributed by atoms with E-state index in [2.05, 4.69) is 55.7 Å². The van der Waals surface area contributed by atoms with Gasteiger partial charge in [0.1, 0.15) is 0 Å². The van der Waals surface area contributed by atoms with Crippen molar-refractivity contribution in [3.63, 3.8) is 0 Å². The molecule has 130 valence electrons. The van der Waals surface area contributed by atoms with Crippen LogP contribution in [-0.4, -0.2) is 30.0 Å². The van der Waals surface area contributed by atoms with Crippen LogP contribution in [0.5, 0.6) is 0 Å². The molecule has 1 fully saturated rings. The van der Waals surface area contributed by atoms with Crippen molar-refractivity contribution in [2.24, 2.45) is 5.92 Å². The van der Waals surface area contributed by atoms with E-state index < -0.39 is 0 Å². The molecule has 1 heterocycles. The van der Waals surface area contributed by atoms with Crippen molar-refractivity contribution < 1.29 is 4.79 Å². The fraction of sp³-hybridized carbons (Fsp3) is 0.611. The van der Waals surface area contributed by atoms with Gasteiger partial charge >= 0.3 is 0 Å². The first kappa shape index (κ1) is 20.3. The quantitative estimate of drug-likeness (QED) is 0.818. The Kier molecular flexibility index (Phi) is 9.03. The summed E-state index contributed by atoms with van der Waals surface area (Å²) >= 11 is 1.93. The van der Waals surface area contributed by atoms with Gasteiger partial charge in [-0.05, 0) is 23.5 Å². The van der Waals surface area contributed by atoms with E-state index in [0.717, 1.165) is 24.5 Å². The molecule has 2 N–H and O–H groups in total. The molecule has 0 aromatic heterocycles. The van der Waals surface area contributed by atoms with Gasteiger partial charge in [-0.15, -0.1) is 12.4 Å². The van der Waals surface area contributed by atoms with Crippen molar-refractivity contribution in [3.05, 3.63) is 35.4 Å². The summed E-state index contributed by atoms with van der Waals surface area (Å²) in [6.45, 7) is 7.49. The lowest BCUT2D eigenvalue weighted by Gasteiger charge is -2.26. The maximum atomic E-state index is 12.4. The maximum absolute atomic E-state index is 12.4. The van der Waals surface area contributed by atoms with Gasteiger partial charge < -0.3 is 10.6 Å². The average Bonchev–Trinajstić information content (AvgIpc) is 2.53. The summed E-state index contributed by atoms with van der Waals surface area (Å²) in [7, 11) is 0. The molecular formula is C18H29ClN2OS. The Morgan fingerprint density at radius 2 is 2.04 bits per heavy atom. The summed E-state index contributed by atoms with van der Waals surface area (Å²) in [5, 5.41) is 6.65. The van der Waals surface area contributed by atoms with Gasteiger partial charge in [0.05, 0.1) is 6.04 Å². The first-order chi connectivity index (χ1) is 10.6. The van der Waals surface area contributed by atoms with E-state index in [1.807, 2.05) is 11.8 Å². The minimum Gasteiger partial charge on any atom is -0.349 e. The highest BCUT2D eigenvalue weighted by atomic mass is 35.5. The van der Waals surface area contributed by atoms with Crippen molar-refractivity contribution in [2.75, 3.05) is 18.1 Å². The summed E-state index contributed by atoms with van der Waals surface area (Å²) < 4.78 is 0. The Morgan fingerprint density at radius 3 is 2.57 bits per heavy atom. The van der Waals surface area contributed by atoms with Crippen LogP contribution >= 0.6 is 24.2 Å². The number of carbonyl (C=O) groups is 1. The lowest BCUT2D eigenvalue weighted by Crippen LogP contribution is -2.42. The molecule has 3 nitrogen and oxygen atoms in total. The van der Waals surface area contributed by atoms with Crippen LogP contribution in [0.4, 0.5) is 0 Å². The molecule has 2 atom stereocenters. The zero-order valence-corrected chi connectivity index (χ0v) is 15.9. The highest BCUT2D eigenvalue weighted by molar-refractivity contribution is 7.99. The van der Waals surface area contributed by atoms with Crippen molar-refractivity contribution in [1.29, 1.82) is 0 Å². The van der Waals surface area contributed by atoms with E-state index in [1.54, 1.807) is 0 Å². The molecule has 0 radical (unpaired) electrons. The lowest BCUT2D eigenvalue weighted by atomic mass is 9.94. The molecule has 0 spiro atoms. The molecule has 1 saturated heterocycles. The molecular weight excluding hydrogens is 328 g/mol. The van der Waals surface area contributed by atoms with Crippen LogP contribution in [0.15, 0.2) is 24.3 Å². The minimum absolute atomic E-state index is 0. The zero-order valence-electron chi connectivity index (χ0n) is 14.3. The first-order valence-electron chi connectivity index (χ1n) is 8.29. The fourth-order valence-electron chi connectivity index (χ4n) is 2.80. The standard InChI is InChI=1S/C18H28N2OS.ClH/c1-4-14-5-7-15(8-6-14)18(13(2)3)20-17(21)11-16-12-22-10-9-19-16;/h5-8,13,16,18-19H,4,9-12H2,1-3H3,(H,20,21);1H. The number of amides is 1. The molecule has 2 unspecified atom stereocenters. The van der Waals surface area contributed by atoms with E-state index in [9.17, 15) is 4.79 Å². The van der Waals surface area contributed by atoms with Gasteiger partial charge in [0, 0.05) is 30.5 Å². The SMILES string of the molecule is CCc1ccc(C(NC(=O)CC2CSCCN2)C(C)C)cc1.Cl. The number of thioether (sulfide) groups is 1. The molecule has 5 heteroatoms. The normalized spacial score (nSPS) is 19.0. The molecule has 1 aromatic rings. The fourth-order valence-corrected chi connectivity index (χ4v) is 3.75. The third-order valence-electron chi connectivity index (χ3n) is 4.16. The predicted octanol–water partition coefficient (Wildman–Crippen LogP) is 3.58. The number of benzene rings is 1. The topological polar surface area (TPSA) is 41.1 Å². The van der Waals surface area contributed by atoms with Crippen LogP contribution in [0.25, 0.3) is 0 Å². The highest BCUT2D eigenvalue weighted by Crippen LogP contribution is 2.22. The van der Waals surface area contributed by atoms with Crippen molar-refractivity contribution >= 4 is 30.1 Å². The molecule has 0 aliphatic carbocycles.